The largest absolute Gasteiger partial charge is 0.396 e. The number of aliphatic hydroxyl groups excluding tert-OH is 1. The summed E-state index contributed by atoms with van der Waals surface area (Å²) in [6.07, 6.45) is 0. The Bertz CT molecular complexity index is 297. The Labute approximate surface area is 75.0 Å². The second-order valence-corrected chi connectivity index (χ2v) is 3.35. The van der Waals surface area contributed by atoms with E-state index in [1.54, 1.807) is 30.3 Å². The Balaban J connectivity index is 2.22. The van der Waals surface area contributed by atoms with E-state index in [2.05, 4.69) is 0 Å². The highest BCUT2D eigenvalue weighted by molar-refractivity contribution is 5.32. The van der Waals surface area contributed by atoms with Gasteiger partial charge in [0.15, 0.2) is 0 Å². The summed E-state index contributed by atoms with van der Waals surface area (Å²) in [5.74, 6) is -4.37. The number of aliphatic hydroxyl groups is 1. The first-order valence-corrected chi connectivity index (χ1v) is 4.21. The van der Waals surface area contributed by atoms with Crippen molar-refractivity contribution in [2.45, 2.75) is 11.8 Å². The van der Waals surface area contributed by atoms with Gasteiger partial charge in [0, 0.05) is 0 Å². The lowest BCUT2D eigenvalue weighted by Gasteiger charge is -1.96. The number of halogens is 2. The van der Waals surface area contributed by atoms with Gasteiger partial charge in [-0.15, -0.1) is 0 Å². The summed E-state index contributed by atoms with van der Waals surface area (Å²) < 4.78 is 26.0. The molecule has 0 heterocycles. The predicted molar refractivity (Wildman–Crippen MR) is 44.7 cm³/mol. The first kappa shape index (κ1) is 8.63. The van der Waals surface area contributed by atoms with Gasteiger partial charge in [-0.3, -0.25) is 0 Å². The highest BCUT2D eigenvalue weighted by atomic mass is 19.3. The highest BCUT2D eigenvalue weighted by Crippen LogP contribution is 2.61. The molecule has 1 aromatic rings. The smallest absolute Gasteiger partial charge is 0.261 e. The van der Waals surface area contributed by atoms with Crippen molar-refractivity contribution in [1.29, 1.82) is 0 Å². The van der Waals surface area contributed by atoms with Crippen LogP contribution in [0.4, 0.5) is 8.78 Å². The van der Waals surface area contributed by atoms with E-state index in [1.165, 1.54) is 0 Å². The Hall–Kier alpha value is -0.960. The third kappa shape index (κ3) is 1.23. The molecule has 1 aliphatic rings. The summed E-state index contributed by atoms with van der Waals surface area (Å²) in [4.78, 5) is 0. The fourth-order valence-corrected chi connectivity index (χ4v) is 1.73. The average Bonchev–Trinajstić information content (AvgIpc) is 2.69. The summed E-state index contributed by atoms with van der Waals surface area (Å²) in [6, 6.07) is 8.61. The van der Waals surface area contributed by atoms with Crippen molar-refractivity contribution in [1.82, 2.24) is 0 Å². The molecule has 1 N–H and O–H groups in total. The molecule has 0 radical (unpaired) electrons. The molecule has 1 saturated carbocycles. The third-order valence-electron chi connectivity index (χ3n) is 2.56. The van der Waals surface area contributed by atoms with Crippen molar-refractivity contribution in [3.05, 3.63) is 35.9 Å². The van der Waals surface area contributed by atoms with Gasteiger partial charge in [-0.1, -0.05) is 30.3 Å². The van der Waals surface area contributed by atoms with Gasteiger partial charge in [0.25, 0.3) is 5.92 Å². The maximum Gasteiger partial charge on any atom is 0.261 e. The topological polar surface area (TPSA) is 20.2 Å². The van der Waals surface area contributed by atoms with Crippen LogP contribution in [0.2, 0.25) is 0 Å². The van der Waals surface area contributed by atoms with Crippen LogP contribution >= 0.6 is 0 Å². The summed E-state index contributed by atoms with van der Waals surface area (Å²) in [7, 11) is 0. The average molecular weight is 184 g/mol. The van der Waals surface area contributed by atoms with Crippen molar-refractivity contribution >= 4 is 0 Å². The zero-order valence-electron chi connectivity index (χ0n) is 6.95. The van der Waals surface area contributed by atoms with Crippen molar-refractivity contribution in [2.75, 3.05) is 6.61 Å². The van der Waals surface area contributed by atoms with Gasteiger partial charge >= 0.3 is 0 Å². The molecule has 70 valence electrons. The molecule has 1 nitrogen and oxygen atoms in total. The van der Waals surface area contributed by atoms with Crippen LogP contribution in [0.15, 0.2) is 30.3 Å². The Morgan fingerprint density at radius 3 is 2.31 bits per heavy atom. The van der Waals surface area contributed by atoms with Crippen LogP contribution < -0.4 is 0 Å². The second kappa shape index (κ2) is 2.77. The van der Waals surface area contributed by atoms with Gasteiger partial charge < -0.3 is 5.11 Å². The van der Waals surface area contributed by atoms with Crippen LogP contribution in [0.3, 0.4) is 0 Å². The van der Waals surface area contributed by atoms with E-state index in [0.29, 0.717) is 5.56 Å². The molecule has 0 aliphatic heterocycles. The molecule has 3 heteroatoms. The lowest BCUT2D eigenvalue weighted by molar-refractivity contribution is 0.0785. The number of hydrogen-bond donors (Lipinski definition) is 1. The zero-order valence-corrected chi connectivity index (χ0v) is 6.95. The van der Waals surface area contributed by atoms with E-state index in [9.17, 15) is 8.78 Å². The summed E-state index contributed by atoms with van der Waals surface area (Å²) in [5, 5.41) is 8.69. The molecule has 0 spiro atoms. The molecule has 0 unspecified atom stereocenters. The van der Waals surface area contributed by atoms with Crippen molar-refractivity contribution in [3.8, 4) is 0 Å². The van der Waals surface area contributed by atoms with Crippen molar-refractivity contribution < 1.29 is 13.9 Å². The van der Waals surface area contributed by atoms with Gasteiger partial charge in [-0.2, -0.15) is 0 Å². The van der Waals surface area contributed by atoms with Gasteiger partial charge in [0.05, 0.1) is 18.4 Å². The SMILES string of the molecule is OC[C@H]1[C@H](c2ccccc2)C1(F)F. The first-order valence-electron chi connectivity index (χ1n) is 4.21. The third-order valence-corrected chi connectivity index (χ3v) is 2.56. The molecular weight excluding hydrogens is 174 g/mol. The van der Waals surface area contributed by atoms with Crippen LogP contribution in [-0.4, -0.2) is 17.6 Å². The molecule has 2 atom stereocenters. The minimum Gasteiger partial charge on any atom is -0.396 e. The lowest BCUT2D eigenvalue weighted by atomic mass is 10.1. The maximum absolute atomic E-state index is 13.0. The molecule has 13 heavy (non-hydrogen) atoms. The number of benzene rings is 1. The zero-order chi connectivity index (χ0) is 9.47. The molecule has 0 bridgehead atoms. The van der Waals surface area contributed by atoms with Crippen LogP contribution in [0.1, 0.15) is 11.5 Å². The maximum atomic E-state index is 13.0. The standard InChI is InChI=1S/C10H10F2O/c11-10(12)8(6-13)9(10)7-4-2-1-3-5-7/h1-5,8-9,13H,6H2/t8-,9-/m0/s1. The number of hydrogen-bond acceptors (Lipinski definition) is 1. The fourth-order valence-electron chi connectivity index (χ4n) is 1.73. The summed E-state index contributed by atoms with van der Waals surface area (Å²) in [5.41, 5.74) is 0.617. The Kier molecular flexibility index (Phi) is 1.84. The van der Waals surface area contributed by atoms with E-state index in [-0.39, 0.29) is 0 Å². The van der Waals surface area contributed by atoms with E-state index in [4.69, 9.17) is 5.11 Å². The van der Waals surface area contributed by atoms with Gasteiger partial charge in [-0.25, -0.2) is 8.78 Å². The lowest BCUT2D eigenvalue weighted by Crippen LogP contribution is -1.97. The Morgan fingerprint density at radius 2 is 1.85 bits per heavy atom. The molecule has 1 aliphatic carbocycles. The number of rotatable bonds is 2. The molecule has 0 aromatic heterocycles. The van der Waals surface area contributed by atoms with Gasteiger partial charge in [0.1, 0.15) is 0 Å². The second-order valence-electron chi connectivity index (χ2n) is 3.35. The normalized spacial score (nSPS) is 30.1. The fraction of sp³-hybridized carbons (Fsp3) is 0.400. The number of alkyl halides is 2. The van der Waals surface area contributed by atoms with Gasteiger partial charge in [0.2, 0.25) is 0 Å². The van der Waals surface area contributed by atoms with E-state index >= 15 is 0 Å². The van der Waals surface area contributed by atoms with Crippen LogP contribution in [0, 0.1) is 5.92 Å². The summed E-state index contributed by atoms with van der Waals surface area (Å²) in [6.45, 7) is -0.438. The summed E-state index contributed by atoms with van der Waals surface area (Å²) >= 11 is 0. The van der Waals surface area contributed by atoms with Crippen molar-refractivity contribution in [3.63, 3.8) is 0 Å². The molecule has 0 saturated heterocycles. The predicted octanol–water partition coefficient (Wildman–Crippen LogP) is 2.03. The van der Waals surface area contributed by atoms with Crippen LogP contribution in [0.25, 0.3) is 0 Å². The van der Waals surface area contributed by atoms with E-state index < -0.39 is 24.4 Å². The van der Waals surface area contributed by atoms with Crippen LogP contribution in [-0.2, 0) is 0 Å². The molecule has 0 amide bonds. The van der Waals surface area contributed by atoms with E-state index in [1.807, 2.05) is 0 Å². The molecule has 2 rings (SSSR count). The van der Waals surface area contributed by atoms with Crippen LogP contribution in [0.5, 0.6) is 0 Å². The first-order chi connectivity index (χ1) is 6.18. The molecule has 1 fully saturated rings. The van der Waals surface area contributed by atoms with E-state index in [0.717, 1.165) is 0 Å². The minimum absolute atomic E-state index is 0.438. The van der Waals surface area contributed by atoms with Crippen molar-refractivity contribution in [2.24, 2.45) is 5.92 Å². The van der Waals surface area contributed by atoms with Gasteiger partial charge in [-0.05, 0) is 5.56 Å². The Morgan fingerprint density at radius 1 is 1.23 bits per heavy atom. The molecule has 1 aromatic carbocycles. The monoisotopic (exact) mass is 184 g/mol. The molecular formula is C10H10F2O. The quantitative estimate of drug-likeness (QED) is 0.745. The minimum atomic E-state index is -2.71. The highest BCUT2D eigenvalue weighted by Gasteiger charge is 2.68.